The maximum atomic E-state index is 12.2. The lowest BCUT2D eigenvalue weighted by Gasteiger charge is -2.03. The molecule has 1 aromatic rings. The third kappa shape index (κ3) is 1.74. The van der Waals surface area contributed by atoms with Crippen molar-refractivity contribution in [3.05, 3.63) is 35.4 Å². The van der Waals surface area contributed by atoms with Crippen LogP contribution >= 0.6 is 0 Å². The van der Waals surface area contributed by atoms with Crippen molar-refractivity contribution in [3.63, 3.8) is 0 Å². The van der Waals surface area contributed by atoms with Gasteiger partial charge >= 0.3 is 6.18 Å². The summed E-state index contributed by atoms with van der Waals surface area (Å²) in [7, 11) is 0. The van der Waals surface area contributed by atoms with Crippen molar-refractivity contribution in [2.45, 2.75) is 12.3 Å². The van der Waals surface area contributed by atoms with E-state index in [9.17, 15) is 13.2 Å². The maximum Gasteiger partial charge on any atom is 0.424 e. The van der Waals surface area contributed by atoms with E-state index in [0.717, 1.165) is 6.07 Å². The molecule has 13 heavy (non-hydrogen) atoms. The Labute approximate surface area is 72.7 Å². The monoisotopic (exact) mass is 186 g/mol. The van der Waals surface area contributed by atoms with E-state index >= 15 is 0 Å². The summed E-state index contributed by atoms with van der Waals surface area (Å²) in [6, 6.07) is 6.87. The fourth-order valence-electron chi connectivity index (χ4n) is 0.969. The molecule has 1 heterocycles. The Morgan fingerprint density at radius 2 is 2.00 bits per heavy atom. The fraction of sp³-hybridized carbons (Fsp3) is 0.250. The van der Waals surface area contributed by atoms with Gasteiger partial charge in [-0.25, -0.2) is 10.9 Å². The van der Waals surface area contributed by atoms with Crippen LogP contribution in [-0.4, -0.2) is 0 Å². The molecule has 1 aromatic carbocycles. The van der Waals surface area contributed by atoms with Crippen LogP contribution in [0.15, 0.2) is 12.1 Å². The standard InChI is InChI=1S/C8H5F3N2/c9-8(10,11)6-3-1-2-5(4-6)7-12-13-7/h2,4,7,12-13H. The molecule has 0 amide bonds. The van der Waals surface area contributed by atoms with Gasteiger partial charge in [-0.15, -0.1) is 0 Å². The van der Waals surface area contributed by atoms with Gasteiger partial charge in [0.2, 0.25) is 0 Å². The topological polar surface area (TPSA) is 43.9 Å². The van der Waals surface area contributed by atoms with E-state index in [1.54, 1.807) is 0 Å². The van der Waals surface area contributed by atoms with Gasteiger partial charge in [0.15, 0.2) is 0 Å². The molecule has 0 aromatic heterocycles. The van der Waals surface area contributed by atoms with Gasteiger partial charge in [0.05, 0.1) is 0 Å². The summed E-state index contributed by atoms with van der Waals surface area (Å²) >= 11 is 0. The summed E-state index contributed by atoms with van der Waals surface area (Å²) in [5.74, 6) is 0. The first kappa shape index (κ1) is 8.35. The van der Waals surface area contributed by atoms with E-state index in [0.29, 0.717) is 5.56 Å². The normalized spacial score (nSPS) is 16.8. The highest BCUT2D eigenvalue weighted by Crippen LogP contribution is 2.29. The fourth-order valence-corrected chi connectivity index (χ4v) is 0.969. The molecule has 68 valence electrons. The molecule has 0 aliphatic carbocycles. The number of alkyl halides is 3. The molecule has 0 radical (unpaired) electrons. The minimum Gasteiger partial charge on any atom is -0.234 e. The number of halogens is 3. The SMILES string of the molecule is FC(F)(F)c1c#ccc(C2NN2)c1. The average molecular weight is 186 g/mol. The molecule has 1 aliphatic heterocycles. The minimum atomic E-state index is -4.35. The van der Waals surface area contributed by atoms with Crippen LogP contribution in [0.25, 0.3) is 0 Å². The van der Waals surface area contributed by atoms with Crippen molar-refractivity contribution >= 4 is 0 Å². The Bertz CT molecular complexity index is 317. The zero-order valence-corrected chi connectivity index (χ0v) is 6.37. The predicted molar refractivity (Wildman–Crippen MR) is 38.1 cm³/mol. The van der Waals surface area contributed by atoms with Gasteiger partial charge in [0.25, 0.3) is 0 Å². The van der Waals surface area contributed by atoms with Gasteiger partial charge in [-0.05, 0) is 17.7 Å². The van der Waals surface area contributed by atoms with Crippen molar-refractivity contribution in [1.29, 1.82) is 0 Å². The molecule has 1 fully saturated rings. The van der Waals surface area contributed by atoms with Gasteiger partial charge in [-0.3, -0.25) is 0 Å². The molecular weight excluding hydrogens is 181 g/mol. The Kier molecular flexibility index (Phi) is 1.68. The number of hydrazine groups is 1. The van der Waals surface area contributed by atoms with Gasteiger partial charge in [-0.2, -0.15) is 13.2 Å². The molecule has 1 aliphatic rings. The molecule has 0 bridgehead atoms. The Morgan fingerprint density at radius 1 is 1.31 bits per heavy atom. The second kappa shape index (κ2) is 2.62. The summed E-state index contributed by atoms with van der Waals surface area (Å²) < 4.78 is 36.5. The van der Waals surface area contributed by atoms with Crippen molar-refractivity contribution in [2.24, 2.45) is 0 Å². The van der Waals surface area contributed by atoms with Crippen molar-refractivity contribution < 1.29 is 13.2 Å². The summed E-state index contributed by atoms with van der Waals surface area (Å²) in [4.78, 5) is 0. The molecule has 2 nitrogen and oxygen atoms in total. The average Bonchev–Trinajstić information content (AvgIpc) is 2.85. The lowest BCUT2D eigenvalue weighted by Crippen LogP contribution is -2.04. The summed E-state index contributed by atoms with van der Waals surface area (Å²) in [5, 5.41) is 0. The van der Waals surface area contributed by atoms with Gasteiger partial charge in [-0.1, -0.05) is 12.1 Å². The first-order chi connectivity index (χ1) is 6.07. The largest absolute Gasteiger partial charge is 0.424 e. The summed E-state index contributed by atoms with van der Waals surface area (Å²) in [6.07, 6.45) is -4.52. The number of hydrogen-bond donors (Lipinski definition) is 2. The first-order valence-corrected chi connectivity index (χ1v) is 3.59. The number of nitrogens with one attached hydrogen (secondary N) is 2. The van der Waals surface area contributed by atoms with Crippen LogP contribution in [0.5, 0.6) is 0 Å². The summed E-state index contributed by atoms with van der Waals surface area (Å²) in [6.45, 7) is 0. The van der Waals surface area contributed by atoms with E-state index < -0.39 is 11.7 Å². The molecule has 0 spiro atoms. The van der Waals surface area contributed by atoms with E-state index in [2.05, 4.69) is 16.9 Å². The quantitative estimate of drug-likeness (QED) is 0.651. The van der Waals surface area contributed by atoms with Crippen LogP contribution in [0.1, 0.15) is 17.3 Å². The second-order valence-corrected chi connectivity index (χ2v) is 2.69. The van der Waals surface area contributed by atoms with Gasteiger partial charge < -0.3 is 0 Å². The van der Waals surface area contributed by atoms with E-state index in [4.69, 9.17) is 0 Å². The highest BCUT2D eigenvalue weighted by molar-refractivity contribution is 5.24. The van der Waals surface area contributed by atoms with Gasteiger partial charge in [0.1, 0.15) is 11.7 Å². The molecule has 0 unspecified atom stereocenters. The van der Waals surface area contributed by atoms with E-state index in [-0.39, 0.29) is 6.17 Å². The van der Waals surface area contributed by atoms with Crippen LogP contribution in [0.3, 0.4) is 0 Å². The van der Waals surface area contributed by atoms with Crippen LogP contribution in [-0.2, 0) is 6.18 Å². The van der Waals surface area contributed by atoms with Gasteiger partial charge in [0, 0.05) is 0 Å². The third-order valence-corrected chi connectivity index (χ3v) is 1.68. The molecular formula is C8H5F3N2. The summed E-state index contributed by atoms with van der Waals surface area (Å²) in [5.41, 5.74) is 5.08. The van der Waals surface area contributed by atoms with Crippen molar-refractivity contribution in [2.75, 3.05) is 0 Å². The van der Waals surface area contributed by atoms with Crippen LogP contribution in [0.2, 0.25) is 0 Å². The lowest BCUT2D eigenvalue weighted by molar-refractivity contribution is -0.137. The zero-order valence-electron chi connectivity index (χ0n) is 6.37. The first-order valence-electron chi connectivity index (χ1n) is 3.59. The van der Waals surface area contributed by atoms with Crippen LogP contribution in [0.4, 0.5) is 13.2 Å². The highest BCUT2D eigenvalue weighted by Gasteiger charge is 2.32. The predicted octanol–water partition coefficient (Wildman–Crippen LogP) is 1.41. The van der Waals surface area contributed by atoms with Crippen LogP contribution < -0.4 is 10.9 Å². The van der Waals surface area contributed by atoms with Crippen molar-refractivity contribution in [1.82, 2.24) is 10.9 Å². The number of rotatable bonds is 1. The highest BCUT2D eigenvalue weighted by atomic mass is 19.4. The Hall–Kier alpha value is -1.25. The van der Waals surface area contributed by atoms with Crippen LogP contribution in [0, 0.1) is 12.1 Å². The lowest BCUT2D eigenvalue weighted by atomic mass is 10.1. The molecule has 2 rings (SSSR count). The van der Waals surface area contributed by atoms with E-state index in [1.807, 2.05) is 6.07 Å². The Balaban J connectivity index is 2.32. The smallest absolute Gasteiger partial charge is 0.234 e. The molecule has 0 atom stereocenters. The van der Waals surface area contributed by atoms with Crippen molar-refractivity contribution in [3.8, 4) is 0 Å². The zero-order chi connectivity index (χ0) is 9.47. The number of hydrogen-bond acceptors (Lipinski definition) is 2. The molecule has 1 saturated heterocycles. The Morgan fingerprint density at radius 3 is 2.54 bits per heavy atom. The molecule has 2 N–H and O–H groups in total. The van der Waals surface area contributed by atoms with E-state index in [1.165, 1.54) is 6.07 Å². The third-order valence-electron chi connectivity index (χ3n) is 1.68. The minimum absolute atomic E-state index is 0.174. The molecule has 5 heteroatoms. The second-order valence-electron chi connectivity index (χ2n) is 2.69. The maximum absolute atomic E-state index is 12.2. The molecule has 0 saturated carbocycles.